The van der Waals surface area contributed by atoms with Crippen molar-refractivity contribution in [3.63, 3.8) is 0 Å². The van der Waals surface area contributed by atoms with Gasteiger partial charge in [-0.25, -0.2) is 9.59 Å². The Labute approximate surface area is 95.8 Å². The average molecular weight is 228 g/mol. The molecule has 0 saturated heterocycles. The van der Waals surface area contributed by atoms with Gasteiger partial charge in [-0.2, -0.15) is 0 Å². The summed E-state index contributed by atoms with van der Waals surface area (Å²) in [4.78, 5) is 24.2. The molecule has 1 rings (SSSR count). The van der Waals surface area contributed by atoms with Crippen LogP contribution in [-0.4, -0.2) is 41.1 Å². The first-order chi connectivity index (χ1) is 7.41. The van der Waals surface area contributed by atoms with E-state index < -0.39 is 12.0 Å². The van der Waals surface area contributed by atoms with Crippen LogP contribution in [0.15, 0.2) is 0 Å². The van der Waals surface area contributed by atoms with Crippen molar-refractivity contribution in [2.75, 3.05) is 7.05 Å². The molecule has 0 unspecified atom stereocenters. The second-order valence-electron chi connectivity index (χ2n) is 4.81. The molecule has 2 N–H and O–H groups in total. The maximum absolute atomic E-state index is 11.7. The highest BCUT2D eigenvalue weighted by atomic mass is 16.4. The summed E-state index contributed by atoms with van der Waals surface area (Å²) in [5, 5.41) is 11.5. The van der Waals surface area contributed by atoms with Crippen LogP contribution in [-0.2, 0) is 4.79 Å². The van der Waals surface area contributed by atoms with E-state index in [9.17, 15) is 9.59 Å². The number of hydrogen-bond acceptors (Lipinski definition) is 2. The molecule has 1 aliphatic rings. The van der Waals surface area contributed by atoms with E-state index in [1.807, 2.05) is 13.8 Å². The largest absolute Gasteiger partial charge is 0.480 e. The van der Waals surface area contributed by atoms with E-state index >= 15 is 0 Å². The molecule has 0 aromatic rings. The lowest BCUT2D eigenvalue weighted by Gasteiger charge is -2.22. The molecule has 0 aliphatic heterocycles. The highest BCUT2D eigenvalue weighted by Gasteiger charge is 2.31. The van der Waals surface area contributed by atoms with Gasteiger partial charge in [0, 0.05) is 13.1 Å². The molecule has 1 atom stereocenters. The molecular formula is C11H20N2O3. The molecule has 0 aromatic carbocycles. The van der Waals surface area contributed by atoms with Gasteiger partial charge >= 0.3 is 12.0 Å². The van der Waals surface area contributed by atoms with E-state index in [1.165, 1.54) is 0 Å². The monoisotopic (exact) mass is 228 g/mol. The minimum absolute atomic E-state index is 0.243. The van der Waals surface area contributed by atoms with Crippen LogP contribution in [0.25, 0.3) is 0 Å². The number of carbonyl (C=O) groups excluding carboxylic acids is 1. The van der Waals surface area contributed by atoms with Crippen LogP contribution >= 0.6 is 0 Å². The number of carboxylic acid groups (broad SMARTS) is 1. The number of carboxylic acids is 1. The Kier molecular flexibility index (Phi) is 4.15. The zero-order chi connectivity index (χ0) is 12.3. The molecule has 5 heteroatoms. The average Bonchev–Trinajstić information content (AvgIpc) is 2.97. The van der Waals surface area contributed by atoms with Crippen molar-refractivity contribution in [1.29, 1.82) is 0 Å². The van der Waals surface area contributed by atoms with Crippen molar-refractivity contribution >= 4 is 12.0 Å². The Bertz CT molecular complexity index is 274. The van der Waals surface area contributed by atoms with Crippen molar-refractivity contribution in [3.05, 3.63) is 0 Å². The minimum atomic E-state index is -0.966. The predicted octanol–water partition coefficient (Wildman–Crippen LogP) is 1.29. The first kappa shape index (κ1) is 12.8. The number of urea groups is 1. The molecule has 0 spiro atoms. The zero-order valence-corrected chi connectivity index (χ0v) is 10.1. The smallest absolute Gasteiger partial charge is 0.326 e. The number of rotatable bonds is 5. The second-order valence-corrected chi connectivity index (χ2v) is 4.81. The molecule has 1 fully saturated rings. The first-order valence-electron chi connectivity index (χ1n) is 5.68. The molecule has 2 amide bonds. The number of amides is 2. The minimum Gasteiger partial charge on any atom is -0.480 e. The number of nitrogens with zero attached hydrogens (tertiary/aromatic N) is 1. The second kappa shape index (κ2) is 5.18. The fraction of sp³-hybridized carbons (Fsp3) is 0.818. The van der Waals surface area contributed by atoms with Crippen molar-refractivity contribution in [2.24, 2.45) is 5.92 Å². The maximum Gasteiger partial charge on any atom is 0.326 e. The highest BCUT2D eigenvalue weighted by molar-refractivity contribution is 5.82. The molecule has 0 bridgehead atoms. The summed E-state index contributed by atoms with van der Waals surface area (Å²) < 4.78 is 0. The summed E-state index contributed by atoms with van der Waals surface area (Å²) in [6.45, 7) is 3.87. The standard InChI is InChI=1S/C11H20N2O3/c1-7(2)6-9(10(14)15)12-11(16)13(3)8-4-5-8/h7-9H,4-6H2,1-3H3,(H,12,16)(H,14,15)/t9-/m1/s1. The third-order valence-corrected chi connectivity index (χ3v) is 2.72. The van der Waals surface area contributed by atoms with Gasteiger partial charge in [0.25, 0.3) is 0 Å². The molecule has 0 radical (unpaired) electrons. The van der Waals surface area contributed by atoms with Crippen LogP contribution < -0.4 is 5.32 Å². The van der Waals surface area contributed by atoms with Crippen LogP contribution in [0.5, 0.6) is 0 Å². The van der Waals surface area contributed by atoms with E-state index in [2.05, 4.69) is 5.32 Å². The van der Waals surface area contributed by atoms with E-state index in [4.69, 9.17) is 5.11 Å². The van der Waals surface area contributed by atoms with Crippen LogP contribution in [0, 0.1) is 5.92 Å². The summed E-state index contributed by atoms with van der Waals surface area (Å²) >= 11 is 0. The van der Waals surface area contributed by atoms with E-state index in [0.29, 0.717) is 12.5 Å². The number of carbonyl (C=O) groups is 2. The van der Waals surface area contributed by atoms with Gasteiger partial charge in [-0.3, -0.25) is 0 Å². The lowest BCUT2D eigenvalue weighted by molar-refractivity contribution is -0.139. The molecule has 1 saturated carbocycles. The fourth-order valence-corrected chi connectivity index (χ4v) is 1.57. The molecule has 0 aromatic heterocycles. The van der Waals surface area contributed by atoms with Gasteiger partial charge in [-0.15, -0.1) is 0 Å². The first-order valence-corrected chi connectivity index (χ1v) is 5.68. The van der Waals surface area contributed by atoms with E-state index in [1.54, 1.807) is 11.9 Å². The van der Waals surface area contributed by atoms with Crippen molar-refractivity contribution < 1.29 is 14.7 Å². The number of hydrogen-bond donors (Lipinski definition) is 2. The number of aliphatic carboxylic acids is 1. The Morgan fingerprint density at radius 3 is 2.38 bits per heavy atom. The molecule has 0 heterocycles. The fourth-order valence-electron chi connectivity index (χ4n) is 1.57. The van der Waals surface area contributed by atoms with Gasteiger partial charge in [0.2, 0.25) is 0 Å². The molecule has 92 valence electrons. The summed E-state index contributed by atoms with van der Waals surface area (Å²) in [6, 6.07) is -0.766. The Balaban J connectivity index is 2.46. The SMILES string of the molecule is CC(C)C[C@@H](NC(=O)N(C)C1CC1)C(=O)O. The van der Waals surface area contributed by atoms with E-state index in [0.717, 1.165) is 12.8 Å². The Morgan fingerprint density at radius 1 is 1.44 bits per heavy atom. The van der Waals surface area contributed by atoms with Crippen LogP contribution in [0.2, 0.25) is 0 Å². The lowest BCUT2D eigenvalue weighted by Crippen LogP contribution is -2.47. The van der Waals surface area contributed by atoms with Gasteiger partial charge < -0.3 is 15.3 Å². The van der Waals surface area contributed by atoms with Crippen LogP contribution in [0.4, 0.5) is 4.79 Å². The van der Waals surface area contributed by atoms with Crippen LogP contribution in [0.1, 0.15) is 33.1 Å². The quantitative estimate of drug-likeness (QED) is 0.745. The molecule has 1 aliphatic carbocycles. The third-order valence-electron chi connectivity index (χ3n) is 2.72. The predicted molar refractivity (Wildman–Crippen MR) is 60.2 cm³/mol. The zero-order valence-electron chi connectivity index (χ0n) is 10.1. The molecule has 16 heavy (non-hydrogen) atoms. The highest BCUT2D eigenvalue weighted by Crippen LogP contribution is 2.25. The normalized spacial score (nSPS) is 17.0. The van der Waals surface area contributed by atoms with Gasteiger partial charge in [0.1, 0.15) is 6.04 Å². The van der Waals surface area contributed by atoms with E-state index in [-0.39, 0.29) is 11.9 Å². The summed E-state index contributed by atoms with van der Waals surface area (Å²) in [6.07, 6.45) is 2.50. The maximum atomic E-state index is 11.7. The summed E-state index contributed by atoms with van der Waals surface area (Å²) in [5.41, 5.74) is 0. The topological polar surface area (TPSA) is 69.6 Å². The summed E-state index contributed by atoms with van der Waals surface area (Å²) in [7, 11) is 1.71. The molecule has 5 nitrogen and oxygen atoms in total. The van der Waals surface area contributed by atoms with Gasteiger partial charge in [0.05, 0.1) is 0 Å². The Hall–Kier alpha value is -1.26. The van der Waals surface area contributed by atoms with Crippen molar-refractivity contribution in [2.45, 2.75) is 45.2 Å². The van der Waals surface area contributed by atoms with Gasteiger partial charge in [0.15, 0.2) is 0 Å². The van der Waals surface area contributed by atoms with Crippen LogP contribution in [0.3, 0.4) is 0 Å². The van der Waals surface area contributed by atoms with Crippen molar-refractivity contribution in [1.82, 2.24) is 10.2 Å². The summed E-state index contributed by atoms with van der Waals surface area (Å²) in [5.74, 6) is -0.723. The number of nitrogens with one attached hydrogen (secondary N) is 1. The van der Waals surface area contributed by atoms with Gasteiger partial charge in [-0.05, 0) is 25.2 Å². The van der Waals surface area contributed by atoms with Crippen molar-refractivity contribution in [3.8, 4) is 0 Å². The Morgan fingerprint density at radius 2 is 2.00 bits per heavy atom. The molecular weight excluding hydrogens is 208 g/mol. The third kappa shape index (κ3) is 3.72. The lowest BCUT2D eigenvalue weighted by atomic mass is 10.0. The van der Waals surface area contributed by atoms with Gasteiger partial charge in [-0.1, -0.05) is 13.8 Å².